The van der Waals surface area contributed by atoms with Crippen molar-refractivity contribution in [1.29, 1.82) is 0 Å². The third-order valence-electron chi connectivity index (χ3n) is 1.98. The Kier molecular flexibility index (Phi) is 4.43. The maximum Gasteiger partial charge on any atom is 0.151 e. The fraction of sp³-hybridized carbons (Fsp3) is 0.778. The first-order chi connectivity index (χ1) is 6.38. The summed E-state index contributed by atoms with van der Waals surface area (Å²) in [4.78, 5) is 0. The lowest BCUT2D eigenvalue weighted by Crippen LogP contribution is -2.05. The highest BCUT2D eigenvalue weighted by Gasteiger charge is 2.03. The molecule has 1 aromatic heterocycles. The van der Waals surface area contributed by atoms with Crippen molar-refractivity contribution < 1.29 is 0 Å². The van der Waals surface area contributed by atoms with Gasteiger partial charge in [-0.2, -0.15) is 0 Å². The Bertz CT molecular complexity index is 209. The third kappa shape index (κ3) is 3.13. The number of unbranched alkanes of at least 4 members (excludes halogenated alkanes) is 2. The Labute approximate surface area is 79.3 Å². The molecule has 0 aliphatic rings. The van der Waals surface area contributed by atoms with Crippen molar-refractivity contribution >= 4 is 0 Å². The second-order valence-electron chi connectivity index (χ2n) is 3.13. The van der Waals surface area contributed by atoms with Crippen LogP contribution in [0.3, 0.4) is 0 Å². The van der Waals surface area contributed by atoms with Crippen molar-refractivity contribution in [2.24, 2.45) is 0 Å². The molecule has 0 fully saturated rings. The zero-order valence-electron chi connectivity index (χ0n) is 8.24. The molecule has 1 aromatic rings. The van der Waals surface area contributed by atoms with E-state index in [1.54, 1.807) is 0 Å². The van der Waals surface area contributed by atoms with E-state index in [0.29, 0.717) is 0 Å². The average Bonchev–Trinajstić information content (AvgIpc) is 2.59. The molecule has 0 amide bonds. The summed E-state index contributed by atoms with van der Waals surface area (Å²) in [6.45, 7) is 6.86. The number of nitrogens with zero attached hydrogens (tertiary/aromatic N) is 4. The van der Waals surface area contributed by atoms with Gasteiger partial charge in [-0.3, -0.25) is 0 Å². The van der Waals surface area contributed by atoms with Crippen LogP contribution in [0, 0.1) is 6.92 Å². The molecule has 0 saturated carbocycles. The van der Waals surface area contributed by atoms with Gasteiger partial charge in [0, 0.05) is 13.0 Å². The molecule has 1 rings (SSSR count). The van der Waals surface area contributed by atoms with Crippen LogP contribution in [0.15, 0.2) is 0 Å². The summed E-state index contributed by atoms with van der Waals surface area (Å²) in [7, 11) is 0. The highest BCUT2D eigenvalue weighted by Crippen LogP contribution is 2.01. The van der Waals surface area contributed by atoms with Crippen LogP contribution in [0.1, 0.15) is 38.4 Å². The van der Waals surface area contributed by atoms with Crippen LogP contribution in [0.2, 0.25) is 0 Å². The molecule has 1 heterocycles. The molecule has 0 saturated heterocycles. The second kappa shape index (κ2) is 5.67. The number of aromatic nitrogens is 4. The lowest BCUT2D eigenvalue weighted by molar-refractivity contribution is 0.534. The Balaban J connectivity index is 2.45. The fourth-order valence-electron chi connectivity index (χ4n) is 1.17. The van der Waals surface area contributed by atoms with Crippen molar-refractivity contribution in [3.8, 4) is 0 Å². The first-order valence-electron chi connectivity index (χ1n) is 4.92. The van der Waals surface area contributed by atoms with Gasteiger partial charge in [0.1, 0.15) is 0 Å². The van der Waals surface area contributed by atoms with E-state index >= 15 is 0 Å². The van der Waals surface area contributed by atoms with Crippen molar-refractivity contribution in [3.63, 3.8) is 0 Å². The van der Waals surface area contributed by atoms with E-state index in [1.165, 1.54) is 6.42 Å². The highest BCUT2D eigenvalue weighted by atomic mass is 15.5. The first-order valence-corrected chi connectivity index (χ1v) is 4.92. The topological polar surface area (TPSA) is 43.6 Å². The van der Waals surface area contributed by atoms with Crippen LogP contribution in [0.4, 0.5) is 0 Å². The zero-order valence-corrected chi connectivity index (χ0v) is 8.24. The van der Waals surface area contributed by atoms with E-state index < -0.39 is 0 Å². The van der Waals surface area contributed by atoms with Crippen molar-refractivity contribution in [2.45, 2.75) is 45.6 Å². The summed E-state index contributed by atoms with van der Waals surface area (Å²) in [5.41, 5.74) is 0. The van der Waals surface area contributed by atoms with Crippen LogP contribution in [0.25, 0.3) is 0 Å². The van der Waals surface area contributed by atoms with Gasteiger partial charge in [-0.25, -0.2) is 4.68 Å². The molecule has 4 nitrogen and oxygen atoms in total. The molecule has 73 valence electrons. The van der Waals surface area contributed by atoms with Gasteiger partial charge >= 0.3 is 0 Å². The Morgan fingerprint density at radius 1 is 1.38 bits per heavy atom. The zero-order chi connectivity index (χ0) is 9.52. The van der Waals surface area contributed by atoms with Gasteiger partial charge < -0.3 is 0 Å². The largest absolute Gasteiger partial charge is 0.230 e. The molecule has 0 unspecified atom stereocenters. The lowest BCUT2D eigenvalue weighted by atomic mass is 10.2. The SMILES string of the molecule is [CH2]CCCn1nnnc1CCCC. The summed E-state index contributed by atoms with van der Waals surface area (Å²) in [6, 6.07) is 0. The van der Waals surface area contributed by atoms with Gasteiger partial charge in [-0.05, 0) is 23.3 Å². The van der Waals surface area contributed by atoms with Gasteiger partial charge in [-0.1, -0.05) is 26.7 Å². The predicted octanol–water partition coefficient (Wildman–Crippen LogP) is 1.63. The van der Waals surface area contributed by atoms with Gasteiger partial charge in [0.2, 0.25) is 0 Å². The molecule has 13 heavy (non-hydrogen) atoms. The monoisotopic (exact) mass is 181 g/mol. The maximum atomic E-state index is 3.99. The lowest BCUT2D eigenvalue weighted by Gasteiger charge is -2.01. The molecule has 0 aliphatic heterocycles. The smallest absolute Gasteiger partial charge is 0.151 e. The summed E-state index contributed by atoms with van der Waals surface area (Å²) in [5.74, 6) is 1.01. The normalized spacial score (nSPS) is 10.6. The molecule has 0 N–H and O–H groups in total. The Hall–Kier alpha value is -0.930. The molecule has 0 atom stereocenters. The van der Waals surface area contributed by atoms with Gasteiger partial charge in [0.15, 0.2) is 5.82 Å². The summed E-state index contributed by atoms with van der Waals surface area (Å²) in [6.07, 6.45) is 5.31. The maximum absolute atomic E-state index is 3.99. The summed E-state index contributed by atoms with van der Waals surface area (Å²) < 4.78 is 1.89. The van der Waals surface area contributed by atoms with Gasteiger partial charge in [0.25, 0.3) is 0 Å². The van der Waals surface area contributed by atoms with Crippen molar-refractivity contribution in [1.82, 2.24) is 20.2 Å². The molecule has 0 bridgehead atoms. The minimum absolute atomic E-state index is 0.898. The predicted molar refractivity (Wildman–Crippen MR) is 51.0 cm³/mol. The minimum Gasteiger partial charge on any atom is -0.230 e. The van der Waals surface area contributed by atoms with Crippen LogP contribution < -0.4 is 0 Å². The Morgan fingerprint density at radius 2 is 2.23 bits per heavy atom. The standard InChI is InChI=1S/C9H17N4/c1-3-5-7-9-10-11-12-13(9)8-6-4-2/h2-8H2,1H3. The number of hydrogen-bond acceptors (Lipinski definition) is 3. The number of aryl methyl sites for hydroxylation is 2. The molecule has 0 aromatic carbocycles. The fourth-order valence-corrected chi connectivity index (χ4v) is 1.17. The highest BCUT2D eigenvalue weighted by molar-refractivity contribution is 4.80. The number of rotatable bonds is 6. The third-order valence-corrected chi connectivity index (χ3v) is 1.98. The van der Waals surface area contributed by atoms with Crippen LogP contribution >= 0.6 is 0 Å². The molecular weight excluding hydrogens is 164 g/mol. The van der Waals surface area contributed by atoms with E-state index in [9.17, 15) is 0 Å². The molecule has 4 heteroatoms. The van der Waals surface area contributed by atoms with E-state index in [1.807, 2.05) is 4.68 Å². The van der Waals surface area contributed by atoms with E-state index in [4.69, 9.17) is 0 Å². The molecule has 0 spiro atoms. The summed E-state index contributed by atoms with van der Waals surface area (Å²) >= 11 is 0. The second-order valence-corrected chi connectivity index (χ2v) is 3.13. The van der Waals surface area contributed by atoms with E-state index in [0.717, 1.165) is 38.1 Å². The van der Waals surface area contributed by atoms with Gasteiger partial charge in [-0.15, -0.1) is 5.10 Å². The average molecular weight is 181 g/mol. The van der Waals surface area contributed by atoms with Crippen molar-refractivity contribution in [3.05, 3.63) is 12.7 Å². The minimum atomic E-state index is 0.898. The summed E-state index contributed by atoms with van der Waals surface area (Å²) in [5, 5.41) is 11.6. The Morgan fingerprint density at radius 3 is 2.92 bits per heavy atom. The van der Waals surface area contributed by atoms with Crippen LogP contribution in [-0.2, 0) is 13.0 Å². The quantitative estimate of drug-likeness (QED) is 0.670. The molecule has 1 radical (unpaired) electrons. The van der Waals surface area contributed by atoms with Crippen LogP contribution in [0.5, 0.6) is 0 Å². The van der Waals surface area contributed by atoms with Gasteiger partial charge in [0.05, 0.1) is 0 Å². The molecule has 0 aliphatic carbocycles. The van der Waals surface area contributed by atoms with Crippen molar-refractivity contribution in [2.75, 3.05) is 0 Å². The van der Waals surface area contributed by atoms with Crippen LogP contribution in [-0.4, -0.2) is 20.2 Å². The first kappa shape index (κ1) is 10.2. The van der Waals surface area contributed by atoms with E-state index in [-0.39, 0.29) is 0 Å². The number of hydrogen-bond donors (Lipinski definition) is 0. The number of tetrazole rings is 1. The molecular formula is C9H17N4. The van der Waals surface area contributed by atoms with E-state index in [2.05, 4.69) is 29.4 Å².